The summed E-state index contributed by atoms with van der Waals surface area (Å²) in [5.41, 5.74) is 0.390. The van der Waals surface area contributed by atoms with E-state index in [0.717, 1.165) is 5.92 Å². The Kier molecular flexibility index (Phi) is 4.79. The smallest absolute Gasteiger partial charge is 0.0244 e. The lowest BCUT2D eigenvalue weighted by molar-refractivity contribution is 0.118. The number of thioether (sulfide) groups is 1. The van der Waals surface area contributed by atoms with Gasteiger partial charge in [-0.15, -0.1) is 0 Å². The Morgan fingerprint density at radius 2 is 1.94 bits per heavy atom. The van der Waals surface area contributed by atoms with Crippen LogP contribution in [-0.2, 0) is 0 Å². The lowest BCUT2D eigenvalue weighted by Gasteiger charge is -2.42. The first kappa shape index (κ1) is 13.7. The van der Waals surface area contributed by atoms with Crippen molar-refractivity contribution in [3.63, 3.8) is 0 Å². The summed E-state index contributed by atoms with van der Waals surface area (Å²) in [4.78, 5) is 2.70. The maximum absolute atomic E-state index is 3.68. The zero-order valence-corrected chi connectivity index (χ0v) is 12.5. The molecule has 2 heterocycles. The van der Waals surface area contributed by atoms with Crippen LogP contribution in [0.3, 0.4) is 0 Å². The Morgan fingerprint density at radius 1 is 1.24 bits per heavy atom. The number of rotatable bonds is 2. The molecule has 0 bridgehead atoms. The van der Waals surface area contributed by atoms with E-state index in [1.807, 2.05) is 0 Å². The average Bonchev–Trinajstić information content (AvgIpc) is 2.29. The number of hydrogen-bond donors (Lipinski definition) is 1. The second-order valence-corrected chi connectivity index (χ2v) is 7.91. The van der Waals surface area contributed by atoms with Crippen LogP contribution in [0.15, 0.2) is 0 Å². The van der Waals surface area contributed by atoms with Gasteiger partial charge in [0.1, 0.15) is 0 Å². The van der Waals surface area contributed by atoms with Crippen LogP contribution >= 0.6 is 11.8 Å². The standard InChI is InChI=1S/C14H28N2S/c1-14(2,3)13-11-16(7-6-15-13)10-12-4-8-17-9-5-12/h12-13,15H,4-11H2,1-3H3. The summed E-state index contributed by atoms with van der Waals surface area (Å²) >= 11 is 2.13. The third-order valence-electron chi connectivity index (χ3n) is 4.16. The van der Waals surface area contributed by atoms with E-state index in [0.29, 0.717) is 11.5 Å². The highest BCUT2D eigenvalue weighted by molar-refractivity contribution is 7.99. The van der Waals surface area contributed by atoms with E-state index in [4.69, 9.17) is 0 Å². The van der Waals surface area contributed by atoms with Crippen molar-refractivity contribution < 1.29 is 0 Å². The van der Waals surface area contributed by atoms with Gasteiger partial charge in [0.2, 0.25) is 0 Å². The van der Waals surface area contributed by atoms with Crippen molar-refractivity contribution in [2.75, 3.05) is 37.7 Å². The highest BCUT2D eigenvalue weighted by atomic mass is 32.2. The van der Waals surface area contributed by atoms with Gasteiger partial charge in [-0.3, -0.25) is 0 Å². The zero-order chi connectivity index (χ0) is 12.3. The molecule has 1 atom stereocenters. The summed E-state index contributed by atoms with van der Waals surface area (Å²) in [5.74, 6) is 3.74. The molecular weight excluding hydrogens is 228 g/mol. The topological polar surface area (TPSA) is 15.3 Å². The number of hydrogen-bond acceptors (Lipinski definition) is 3. The summed E-state index contributed by atoms with van der Waals surface area (Å²) in [6.07, 6.45) is 2.88. The van der Waals surface area contributed by atoms with Gasteiger partial charge in [0.05, 0.1) is 0 Å². The molecule has 17 heavy (non-hydrogen) atoms. The van der Waals surface area contributed by atoms with Crippen LogP contribution in [-0.4, -0.2) is 48.6 Å². The molecule has 2 aliphatic heterocycles. The molecule has 0 spiro atoms. The Hall–Kier alpha value is 0.270. The molecular formula is C14H28N2S. The molecule has 100 valence electrons. The van der Waals surface area contributed by atoms with Gasteiger partial charge < -0.3 is 10.2 Å². The van der Waals surface area contributed by atoms with Crippen LogP contribution < -0.4 is 5.32 Å². The molecule has 0 amide bonds. The van der Waals surface area contributed by atoms with Crippen molar-refractivity contribution in [2.45, 2.75) is 39.7 Å². The van der Waals surface area contributed by atoms with Crippen molar-refractivity contribution >= 4 is 11.8 Å². The van der Waals surface area contributed by atoms with Gasteiger partial charge in [-0.05, 0) is 35.7 Å². The normalized spacial score (nSPS) is 29.5. The van der Waals surface area contributed by atoms with Crippen molar-refractivity contribution in [1.82, 2.24) is 10.2 Å². The van der Waals surface area contributed by atoms with Gasteiger partial charge in [-0.1, -0.05) is 20.8 Å². The van der Waals surface area contributed by atoms with Gasteiger partial charge in [-0.2, -0.15) is 11.8 Å². The molecule has 2 nitrogen and oxygen atoms in total. The minimum atomic E-state index is 0.390. The quantitative estimate of drug-likeness (QED) is 0.817. The zero-order valence-electron chi connectivity index (χ0n) is 11.7. The third kappa shape index (κ3) is 4.15. The van der Waals surface area contributed by atoms with Gasteiger partial charge in [0.15, 0.2) is 0 Å². The van der Waals surface area contributed by atoms with Crippen molar-refractivity contribution in [3.05, 3.63) is 0 Å². The summed E-state index contributed by atoms with van der Waals surface area (Å²) in [7, 11) is 0. The summed E-state index contributed by atoms with van der Waals surface area (Å²) in [6, 6.07) is 0.661. The van der Waals surface area contributed by atoms with Crippen LogP contribution in [0.1, 0.15) is 33.6 Å². The molecule has 2 aliphatic rings. The lowest BCUT2D eigenvalue weighted by Crippen LogP contribution is -2.56. The minimum absolute atomic E-state index is 0.390. The SMILES string of the molecule is CC(C)(C)C1CN(CC2CCSCC2)CCN1. The Morgan fingerprint density at radius 3 is 2.59 bits per heavy atom. The predicted octanol–water partition coefficient (Wildman–Crippen LogP) is 2.45. The molecule has 0 radical (unpaired) electrons. The van der Waals surface area contributed by atoms with Crippen LogP contribution in [0.5, 0.6) is 0 Å². The first-order valence-electron chi connectivity index (χ1n) is 7.09. The summed E-state index contributed by atoms with van der Waals surface area (Å²) in [5, 5.41) is 3.68. The molecule has 2 fully saturated rings. The third-order valence-corrected chi connectivity index (χ3v) is 5.21. The number of nitrogens with one attached hydrogen (secondary N) is 1. The van der Waals surface area contributed by atoms with Crippen LogP contribution in [0.2, 0.25) is 0 Å². The fourth-order valence-corrected chi connectivity index (χ4v) is 4.06. The Bertz CT molecular complexity index is 231. The maximum Gasteiger partial charge on any atom is 0.0244 e. The Labute approximate surface area is 111 Å². The van der Waals surface area contributed by atoms with E-state index >= 15 is 0 Å². The van der Waals surface area contributed by atoms with Gasteiger partial charge in [-0.25, -0.2) is 0 Å². The molecule has 1 unspecified atom stereocenters. The first-order chi connectivity index (χ1) is 8.05. The minimum Gasteiger partial charge on any atom is -0.311 e. The fraction of sp³-hybridized carbons (Fsp3) is 1.00. The molecule has 0 aliphatic carbocycles. The molecule has 0 aromatic rings. The van der Waals surface area contributed by atoms with Gasteiger partial charge in [0.25, 0.3) is 0 Å². The average molecular weight is 256 g/mol. The van der Waals surface area contributed by atoms with Crippen molar-refractivity contribution in [3.8, 4) is 0 Å². The molecule has 1 N–H and O–H groups in total. The van der Waals surface area contributed by atoms with Crippen molar-refractivity contribution in [2.24, 2.45) is 11.3 Å². The number of piperazine rings is 1. The maximum atomic E-state index is 3.68. The molecule has 2 rings (SSSR count). The van der Waals surface area contributed by atoms with Gasteiger partial charge in [0, 0.05) is 32.2 Å². The lowest BCUT2D eigenvalue weighted by atomic mass is 9.85. The Balaban J connectivity index is 1.80. The largest absolute Gasteiger partial charge is 0.311 e. The molecule has 0 saturated carbocycles. The summed E-state index contributed by atoms with van der Waals surface area (Å²) in [6.45, 7) is 12.1. The van der Waals surface area contributed by atoms with Crippen molar-refractivity contribution in [1.29, 1.82) is 0 Å². The van der Waals surface area contributed by atoms with Crippen LogP contribution in [0.4, 0.5) is 0 Å². The highest BCUT2D eigenvalue weighted by Gasteiger charge is 2.30. The van der Waals surface area contributed by atoms with E-state index < -0.39 is 0 Å². The summed E-state index contributed by atoms with van der Waals surface area (Å²) < 4.78 is 0. The molecule has 2 saturated heterocycles. The van der Waals surface area contributed by atoms with E-state index in [9.17, 15) is 0 Å². The van der Waals surface area contributed by atoms with E-state index in [-0.39, 0.29) is 0 Å². The van der Waals surface area contributed by atoms with Gasteiger partial charge >= 0.3 is 0 Å². The predicted molar refractivity (Wildman–Crippen MR) is 77.7 cm³/mol. The highest BCUT2D eigenvalue weighted by Crippen LogP contribution is 2.26. The fourth-order valence-electron chi connectivity index (χ4n) is 2.85. The van der Waals surface area contributed by atoms with Crippen LogP contribution in [0.25, 0.3) is 0 Å². The van der Waals surface area contributed by atoms with E-state index in [1.165, 1.54) is 50.5 Å². The van der Waals surface area contributed by atoms with E-state index in [2.05, 4.69) is 42.7 Å². The van der Waals surface area contributed by atoms with Crippen LogP contribution in [0, 0.1) is 11.3 Å². The molecule has 0 aromatic carbocycles. The second kappa shape index (κ2) is 5.94. The first-order valence-corrected chi connectivity index (χ1v) is 8.24. The second-order valence-electron chi connectivity index (χ2n) is 6.69. The monoisotopic (exact) mass is 256 g/mol. The number of nitrogens with zero attached hydrogens (tertiary/aromatic N) is 1. The van der Waals surface area contributed by atoms with E-state index in [1.54, 1.807) is 0 Å². The molecule has 3 heteroatoms. The molecule has 0 aromatic heterocycles.